The number of esters is 1. The van der Waals surface area contributed by atoms with Crippen LogP contribution >= 0.6 is 46.8 Å². The lowest BCUT2D eigenvalue weighted by atomic mass is 9.95. The number of carbonyl (C=O) groups is 3. The summed E-state index contributed by atoms with van der Waals surface area (Å²) >= 11 is 0. The lowest BCUT2D eigenvalue weighted by Crippen LogP contribution is -2.54. The molecule has 13 rings (SSSR count). The van der Waals surface area contributed by atoms with Gasteiger partial charge in [0.05, 0.1) is 32.0 Å². The highest BCUT2D eigenvalue weighted by Gasteiger charge is 2.72. The van der Waals surface area contributed by atoms with Gasteiger partial charge in [-0.2, -0.15) is 23.7 Å². The Morgan fingerprint density at radius 3 is 1.77 bits per heavy atom. The van der Waals surface area contributed by atoms with Crippen molar-refractivity contribution in [2.24, 2.45) is 10.7 Å². The van der Waals surface area contributed by atoms with E-state index in [9.17, 15) is 77.1 Å². The summed E-state index contributed by atoms with van der Waals surface area (Å²) in [5, 5.41) is 68.2. The average molecular weight is 2050 g/mol. The predicted molar refractivity (Wildman–Crippen MR) is 446 cm³/mol. The largest absolute Gasteiger partial charge is 0.490 e. The number of halogens is 6. The van der Waals surface area contributed by atoms with Crippen LogP contribution in [-0.2, 0) is 101 Å². The number of nitrogens with two attached hydrogens (primary N) is 1. The SMILES string of the molecule is C#C[C@]1(F)[C@H](n2cnc3c(OCC)nc(C)nc32)O[C@](F)(CO[P@](=O)(NC(C)C(=O)OC2CCCCC2)Oc2ccccc2)[C@H]1O.C=C1N=C(N)C=CN1[C@@H]1O[C@](F)(COP(=O)(O)OP(=O)(O)OP(=O)(O)O)[C@@H](O)[C@@]1(C)F.C=C1NC(=O)C=CN1[C@@H]1O[C@](F)(COP(=O)(O)NC(C)C(=O)O)[C@@H](O)[C@@]1(C)O.CCOc1nc(C)nc2c1ncn2[C@@H]1O[C@]2(F)CO[P@](=O)(OC(C)C)O[C@H]2[C@@]1(C)O. The third-order valence-corrected chi connectivity index (χ3v) is 28.6. The Balaban J connectivity index is 0.000000190. The van der Waals surface area contributed by atoms with Crippen LogP contribution in [0.3, 0.4) is 0 Å². The van der Waals surface area contributed by atoms with E-state index < -0.39 is 205 Å². The number of carboxylic acid groups (broad SMARTS) is 1. The summed E-state index contributed by atoms with van der Waals surface area (Å²) in [4.78, 5) is 111. The molecule has 11 heterocycles. The number of carbonyl (C=O) groups excluding carboxylic acids is 2. The number of nitrogens with one attached hydrogen (secondary N) is 3. The van der Waals surface area contributed by atoms with Crippen molar-refractivity contribution in [1.29, 1.82) is 0 Å². The number of phosphoric acid groups is 4. The Bertz CT molecular complexity index is 5690. The second-order valence-electron chi connectivity index (χ2n) is 31.7. The van der Waals surface area contributed by atoms with Gasteiger partial charge in [0.25, 0.3) is 29.3 Å². The molecular formula is C72H99F6N15O36P6. The fraction of sp³-hybridized carbons (Fsp3) is 0.583. The molecule has 0 radical (unpaired) electrons. The number of rotatable bonds is 32. The highest BCUT2D eigenvalue weighted by atomic mass is 31.3. The number of hydrogen-bond donors (Lipinski definition) is 15. The molecule has 8 aliphatic rings. The molecule has 23 atom stereocenters. The van der Waals surface area contributed by atoms with E-state index in [0.29, 0.717) is 30.8 Å². The van der Waals surface area contributed by atoms with Crippen molar-refractivity contribution in [3.05, 3.63) is 104 Å². The summed E-state index contributed by atoms with van der Waals surface area (Å²) in [5.41, 5.74) is -4.11. The second kappa shape index (κ2) is 41.3. The van der Waals surface area contributed by atoms with Gasteiger partial charge < -0.3 is 114 Å². The number of amidine groups is 1. The first-order valence-corrected chi connectivity index (χ1v) is 49.3. The Morgan fingerprint density at radius 2 is 1.23 bits per heavy atom. The number of phosphoric ester groups is 2. The van der Waals surface area contributed by atoms with Crippen molar-refractivity contribution in [1.82, 2.24) is 64.3 Å². The number of benzene rings is 1. The number of aliphatic hydroxyl groups is 5. The summed E-state index contributed by atoms with van der Waals surface area (Å²) in [6.07, 6.45) is -0.0173. The zero-order valence-corrected chi connectivity index (χ0v) is 78.5. The number of aliphatic imine (C=N–C) groups is 1. The van der Waals surface area contributed by atoms with E-state index in [-0.39, 0.29) is 70.3 Å². The molecule has 750 valence electrons. The number of aryl methyl sites for hydroxylation is 2. The smallest absolute Gasteiger partial charge is 0.480 e. The number of alkyl halides is 6. The van der Waals surface area contributed by atoms with Crippen molar-refractivity contribution < 1.29 is 197 Å². The van der Waals surface area contributed by atoms with Crippen molar-refractivity contribution in [2.75, 3.05) is 39.6 Å². The van der Waals surface area contributed by atoms with Crippen LogP contribution in [0.2, 0.25) is 0 Å². The summed E-state index contributed by atoms with van der Waals surface area (Å²) < 4.78 is 248. The van der Waals surface area contributed by atoms with Gasteiger partial charge in [-0.3, -0.25) is 50.7 Å². The zero-order chi connectivity index (χ0) is 101. The molecule has 51 nitrogen and oxygen atoms in total. The van der Waals surface area contributed by atoms with Gasteiger partial charge in [0.2, 0.25) is 17.4 Å². The maximum atomic E-state index is 16.5. The minimum Gasteiger partial charge on any atom is -0.480 e. The van der Waals surface area contributed by atoms with E-state index in [1.165, 1.54) is 43.0 Å². The van der Waals surface area contributed by atoms with E-state index in [2.05, 4.69) is 76.1 Å². The van der Waals surface area contributed by atoms with E-state index >= 15 is 26.3 Å². The minimum absolute atomic E-state index is 0.000598. The second-order valence-corrected chi connectivity index (χ2v) is 40.9. The first-order valence-electron chi connectivity index (χ1n) is 40.2. The number of amides is 1. The number of carboxylic acids is 1. The molecule has 0 spiro atoms. The van der Waals surface area contributed by atoms with Crippen LogP contribution in [0.4, 0.5) is 26.3 Å². The highest BCUT2D eigenvalue weighted by molar-refractivity contribution is 7.66. The molecule has 5 saturated heterocycles. The molecule has 135 heavy (non-hydrogen) atoms. The monoisotopic (exact) mass is 2050 g/mol. The lowest BCUT2D eigenvalue weighted by Gasteiger charge is -2.37. The van der Waals surface area contributed by atoms with Crippen LogP contribution in [-0.4, -0.2) is 274 Å². The van der Waals surface area contributed by atoms with Crippen molar-refractivity contribution in [3.63, 3.8) is 0 Å². The Morgan fingerprint density at radius 1 is 0.696 bits per heavy atom. The number of fused-ring (bicyclic) bond motifs is 3. The van der Waals surface area contributed by atoms with Gasteiger partial charge in [0, 0.05) is 18.5 Å². The van der Waals surface area contributed by atoms with Crippen LogP contribution in [0.5, 0.6) is 17.5 Å². The number of nitrogens with zero attached hydrogens (tertiary/aromatic N) is 11. The fourth-order valence-electron chi connectivity index (χ4n) is 14.1. The van der Waals surface area contributed by atoms with E-state index in [1.807, 2.05) is 0 Å². The summed E-state index contributed by atoms with van der Waals surface area (Å²) in [6.45, 7) is 18.1. The molecule has 16 N–H and O–H groups in total. The molecule has 0 bridgehead atoms. The number of hydrogen-bond acceptors (Lipinski definition) is 40. The van der Waals surface area contributed by atoms with Gasteiger partial charge in [0.1, 0.15) is 96.8 Å². The summed E-state index contributed by atoms with van der Waals surface area (Å²) in [6, 6.07) is 5.07. The number of para-hydroxylation sites is 1. The number of aromatic nitrogens is 8. The molecule has 4 aromatic heterocycles. The van der Waals surface area contributed by atoms with Crippen LogP contribution in [0.1, 0.15) is 119 Å². The topological polar surface area (TPSA) is 692 Å². The van der Waals surface area contributed by atoms with Crippen LogP contribution in [0, 0.1) is 26.2 Å². The molecule has 1 aromatic carbocycles. The minimum atomic E-state index is -5.86. The van der Waals surface area contributed by atoms with E-state index in [0.717, 1.165) is 79.2 Å². The highest BCUT2D eigenvalue weighted by Crippen LogP contribution is 2.68. The first-order chi connectivity index (χ1) is 62.4. The van der Waals surface area contributed by atoms with Gasteiger partial charge in [-0.25, -0.2) is 83.7 Å². The third-order valence-electron chi connectivity index (χ3n) is 20.4. The zero-order valence-electron chi connectivity index (χ0n) is 73.1. The van der Waals surface area contributed by atoms with Crippen LogP contribution in [0.15, 0.2) is 97.3 Å². The van der Waals surface area contributed by atoms with E-state index in [4.69, 9.17) is 87.7 Å². The number of terminal acetylenes is 1. The molecule has 1 amide bonds. The molecule has 5 unspecified atom stereocenters. The summed E-state index contributed by atoms with van der Waals surface area (Å²) in [5.74, 6) is -12.7. The average Bonchev–Trinajstić information content (AvgIpc) is 1.55. The molecule has 6 fully saturated rings. The van der Waals surface area contributed by atoms with Crippen molar-refractivity contribution >= 4 is 92.8 Å². The third kappa shape index (κ3) is 24.9. The lowest BCUT2D eigenvalue weighted by molar-refractivity contribution is -0.220. The van der Waals surface area contributed by atoms with Gasteiger partial charge >= 0.3 is 58.7 Å². The molecule has 1 aliphatic carbocycles. The molecule has 5 aromatic rings. The van der Waals surface area contributed by atoms with Crippen molar-refractivity contribution in [3.8, 4) is 29.9 Å². The van der Waals surface area contributed by atoms with Gasteiger partial charge in [-0.1, -0.05) is 43.7 Å². The number of ether oxygens (including phenoxy) is 7. The fourth-order valence-corrected chi connectivity index (χ4v) is 21.3. The maximum absolute atomic E-state index is 16.5. The molecule has 63 heteroatoms. The van der Waals surface area contributed by atoms with Crippen molar-refractivity contribution in [2.45, 2.75) is 228 Å². The quantitative estimate of drug-likeness (QED) is 0.0106. The number of imidazole rings is 2. The van der Waals surface area contributed by atoms with Gasteiger partial charge in [-0.05, 0) is 120 Å². The van der Waals surface area contributed by atoms with E-state index in [1.54, 1.807) is 70.7 Å². The Kier molecular flexibility index (Phi) is 33.2. The van der Waals surface area contributed by atoms with Crippen LogP contribution < -0.4 is 35.2 Å². The van der Waals surface area contributed by atoms with Crippen LogP contribution in [0.25, 0.3) is 22.3 Å². The predicted octanol–water partition coefficient (Wildman–Crippen LogP) is 5.73. The number of aliphatic carboxylic acids is 1. The normalized spacial score (nSPS) is 33.0. The Labute approximate surface area is 762 Å². The standard InChI is InChI=1S/C30H36F2N5O8P.C17H24FN4O7P.C14H21FN3O9P.C11H18F2N3O12P3/c1-5-29(31)27(39)30(32,44-28(29)37-18-33-23-24(37)34-20(4)35-25(23)41-6-2)17-42-46(40,45-22-15-11-8-12-16-22)36-19(3)26(38)43-21-13-9-7-10-14-21;1-6-25-13-11-12(20-10(4)21-13)22(8-19-11)15-16(5,23)14-17(18,27-15)7-26-30(24,29-14)28-9(2)3;1-7(10(20)21)17-28(24,25)26-6-14(15)11(22)13(3,23)12(27-14)18-5-4-9(19)16-8(18)2;1-6-15-7(14)3-4-16(6)9-10(2,12)8(17)11(13,26-9)5-25-30(21,22)28-31(23,24)27-29(18,19)20/h1,8,11-12,15-16,18-19,21,27-28,39H,6-7,9-10,13-14,17H2,2-4H3,(H,36,40);8-9,14-15,23H,6-7H2,1-5H3;4-5,7,11-12,22-23H,2,6H2,1,3H3,(H,16,19)(H,20,21)(H2,17,24,25);3-4,8-9,17H,1,5H2,2H3,(H2,14,15)(H,21,22)(H,23,24)(H2,18,19,20)/t19?,27-,28+,29+,30+,46+;14-,15+,16+,17+,30+;7?,11-,12+,13+,14+;8-,9+,10+,11+/m0000/s1. The molecule has 7 aliphatic heterocycles. The van der Waals surface area contributed by atoms with Gasteiger partial charge in [-0.15, -0.1) is 6.42 Å². The summed E-state index contributed by atoms with van der Waals surface area (Å²) in [7, 11) is -30.8. The Hall–Kier alpha value is -8.28. The molecular weight excluding hydrogens is 1950 g/mol. The molecule has 1 saturated carbocycles. The maximum Gasteiger partial charge on any atom is 0.490 e. The first kappa shape index (κ1) is 109. The number of aliphatic hydroxyl groups excluding tert-OH is 3. The van der Waals surface area contributed by atoms with Gasteiger partial charge in [0.15, 0.2) is 71.2 Å².